The first kappa shape index (κ1) is 12.2. The van der Waals surface area contributed by atoms with Crippen molar-refractivity contribution in [3.8, 4) is 0 Å². The monoisotopic (exact) mass is 194 g/mol. The fraction of sp³-hybridized carbons (Fsp3) is 0.300. The zero-order valence-corrected chi connectivity index (χ0v) is 7.51. The van der Waals surface area contributed by atoms with Crippen LogP contribution in [0.1, 0.15) is 27.0 Å². The lowest BCUT2D eigenvalue weighted by Gasteiger charge is -2.05. The van der Waals surface area contributed by atoms with E-state index >= 15 is 0 Å². The molecule has 0 spiro atoms. The molecule has 0 fully saturated rings. The van der Waals surface area contributed by atoms with E-state index in [-0.39, 0.29) is 17.4 Å². The number of aryl methyl sites for hydroxylation is 2. The van der Waals surface area contributed by atoms with Crippen LogP contribution in [0.4, 0.5) is 0 Å². The van der Waals surface area contributed by atoms with Gasteiger partial charge in [-0.05, 0) is 49.6 Å². The molecule has 1 aromatic carbocycles. The Balaban J connectivity index is 0.00000144. The first-order chi connectivity index (χ1) is 5.52. The zero-order valence-electron chi connectivity index (χ0n) is 7.51. The second-order valence-electron chi connectivity index (χ2n) is 3.04. The van der Waals surface area contributed by atoms with Gasteiger partial charge in [-0.1, -0.05) is 0 Å². The summed E-state index contributed by atoms with van der Waals surface area (Å²) < 4.78 is 0. The van der Waals surface area contributed by atoms with Gasteiger partial charge in [-0.15, -0.1) is 0 Å². The Morgan fingerprint density at radius 3 is 1.85 bits per heavy atom. The van der Waals surface area contributed by atoms with Crippen LogP contribution in [0.2, 0.25) is 0 Å². The molecule has 0 aromatic heterocycles. The Bertz CT molecular complexity index is 309. The van der Waals surface area contributed by atoms with E-state index in [1.165, 1.54) is 5.56 Å². The summed E-state index contributed by atoms with van der Waals surface area (Å²) in [5.74, 6) is -0.860. The van der Waals surface area contributed by atoms with Gasteiger partial charge in [0.05, 0.1) is 5.56 Å². The molecule has 0 aliphatic heterocycles. The summed E-state index contributed by atoms with van der Waals surface area (Å²) in [6.45, 7) is 5.85. The minimum atomic E-state index is -0.860. The highest BCUT2D eigenvalue weighted by Gasteiger charge is 2.05. The van der Waals surface area contributed by atoms with Crippen LogP contribution < -0.4 is 0 Å². The summed E-state index contributed by atoms with van der Waals surface area (Å²) in [6, 6.07) is 3.40. The van der Waals surface area contributed by atoms with Gasteiger partial charge in [-0.3, -0.25) is 0 Å². The minimum absolute atomic E-state index is 0. The van der Waals surface area contributed by atoms with Gasteiger partial charge in [0, 0.05) is 0 Å². The average molecular weight is 194 g/mol. The molecule has 0 heterocycles. The first-order valence-corrected chi connectivity index (χ1v) is 3.83. The third-order valence-electron chi connectivity index (χ3n) is 2.17. The predicted octanol–water partition coefficient (Wildman–Crippen LogP) is 1.13. The Morgan fingerprint density at radius 1 is 1.15 bits per heavy atom. The van der Waals surface area contributed by atoms with Gasteiger partial charge in [0.15, 0.2) is 17.4 Å². The smallest absolute Gasteiger partial charge is 0.335 e. The highest BCUT2D eigenvalue weighted by Crippen LogP contribution is 2.14. The van der Waals surface area contributed by atoms with Gasteiger partial charge < -0.3 is 5.11 Å². The van der Waals surface area contributed by atoms with Gasteiger partial charge in [0.2, 0.25) is 0 Å². The largest absolute Gasteiger partial charge is 0.478 e. The molecule has 70 valence electrons. The van der Waals surface area contributed by atoms with E-state index in [0.29, 0.717) is 5.56 Å². The van der Waals surface area contributed by atoms with Gasteiger partial charge in [-0.25, -0.2) is 4.79 Å². The van der Waals surface area contributed by atoms with Gasteiger partial charge in [0.25, 0.3) is 0 Å². The average Bonchev–Trinajstić information content (AvgIpc) is 1.99. The second kappa shape index (κ2) is 4.46. The standard InChI is InChI=1S/C10H12O2.Al.3H/c1-6-4-9(10(11)12)5-7(2)8(6)3;;;;/h4-5H,1-3H3,(H,11,12);;;;. The molecule has 1 N–H and O–H groups in total. The van der Waals surface area contributed by atoms with E-state index in [0.717, 1.165) is 11.1 Å². The zero-order chi connectivity index (χ0) is 9.30. The lowest BCUT2D eigenvalue weighted by Crippen LogP contribution is -1.99. The first-order valence-electron chi connectivity index (χ1n) is 3.83. The SMILES string of the molecule is Cc1cc(C(=O)O)cc(C)c1C.[AlH3]. The van der Waals surface area contributed by atoms with Gasteiger partial charge >= 0.3 is 5.97 Å². The van der Waals surface area contributed by atoms with Crippen LogP contribution in [0.15, 0.2) is 12.1 Å². The van der Waals surface area contributed by atoms with Gasteiger partial charge in [0.1, 0.15) is 0 Å². The Kier molecular flexibility index (Phi) is 4.19. The number of carbonyl (C=O) groups is 1. The summed E-state index contributed by atoms with van der Waals surface area (Å²) in [4.78, 5) is 10.6. The number of carboxylic acid groups (broad SMARTS) is 1. The van der Waals surface area contributed by atoms with E-state index in [4.69, 9.17) is 5.11 Å². The van der Waals surface area contributed by atoms with Crippen molar-refractivity contribution in [3.05, 3.63) is 34.4 Å². The van der Waals surface area contributed by atoms with Crippen LogP contribution in [-0.4, -0.2) is 28.4 Å². The normalized spacial score (nSPS) is 9.15. The minimum Gasteiger partial charge on any atom is -0.478 e. The Morgan fingerprint density at radius 2 is 1.54 bits per heavy atom. The van der Waals surface area contributed by atoms with E-state index in [2.05, 4.69) is 0 Å². The predicted molar refractivity (Wildman–Crippen MR) is 57.6 cm³/mol. The molecule has 0 aliphatic carbocycles. The van der Waals surface area contributed by atoms with Crippen molar-refractivity contribution < 1.29 is 9.90 Å². The number of hydrogen-bond donors (Lipinski definition) is 1. The third kappa shape index (κ3) is 2.58. The van der Waals surface area contributed by atoms with Crippen molar-refractivity contribution in [1.29, 1.82) is 0 Å². The molecular formula is C10H15AlO2. The molecule has 0 saturated heterocycles. The van der Waals surface area contributed by atoms with Crippen LogP contribution in [0.3, 0.4) is 0 Å². The molecule has 13 heavy (non-hydrogen) atoms. The molecule has 0 aliphatic rings. The van der Waals surface area contributed by atoms with Crippen molar-refractivity contribution in [3.63, 3.8) is 0 Å². The highest BCUT2D eigenvalue weighted by molar-refractivity contribution is 5.88. The molecule has 1 rings (SSSR count). The van der Waals surface area contributed by atoms with Crippen molar-refractivity contribution in [2.45, 2.75) is 20.8 Å². The molecular weight excluding hydrogens is 179 g/mol. The van der Waals surface area contributed by atoms with Crippen LogP contribution in [0, 0.1) is 20.8 Å². The van der Waals surface area contributed by atoms with E-state index in [1.54, 1.807) is 12.1 Å². The Hall–Kier alpha value is -0.778. The fourth-order valence-electron chi connectivity index (χ4n) is 1.16. The molecule has 0 saturated carbocycles. The number of rotatable bonds is 1. The summed E-state index contributed by atoms with van der Waals surface area (Å²) in [6.07, 6.45) is 0. The summed E-state index contributed by atoms with van der Waals surface area (Å²) in [7, 11) is 0. The molecule has 0 amide bonds. The summed E-state index contributed by atoms with van der Waals surface area (Å²) in [5.41, 5.74) is 3.61. The Labute approximate surface area is 88.7 Å². The lowest BCUT2D eigenvalue weighted by atomic mass is 10.0. The van der Waals surface area contributed by atoms with Crippen molar-refractivity contribution in [2.24, 2.45) is 0 Å². The molecule has 1 aromatic rings. The molecule has 0 atom stereocenters. The molecule has 0 radical (unpaired) electrons. The lowest BCUT2D eigenvalue weighted by molar-refractivity contribution is 0.0696. The maximum atomic E-state index is 10.6. The van der Waals surface area contributed by atoms with Crippen molar-refractivity contribution >= 4 is 23.3 Å². The topological polar surface area (TPSA) is 37.3 Å². The van der Waals surface area contributed by atoms with Crippen LogP contribution in [0.5, 0.6) is 0 Å². The maximum absolute atomic E-state index is 10.6. The number of hydrogen-bond acceptors (Lipinski definition) is 1. The molecule has 3 heteroatoms. The third-order valence-corrected chi connectivity index (χ3v) is 2.17. The van der Waals surface area contributed by atoms with Crippen molar-refractivity contribution in [1.82, 2.24) is 0 Å². The number of carboxylic acids is 1. The van der Waals surface area contributed by atoms with Crippen LogP contribution in [-0.2, 0) is 0 Å². The molecule has 0 unspecified atom stereocenters. The van der Waals surface area contributed by atoms with Gasteiger partial charge in [-0.2, -0.15) is 0 Å². The van der Waals surface area contributed by atoms with Crippen LogP contribution in [0.25, 0.3) is 0 Å². The summed E-state index contributed by atoms with van der Waals surface area (Å²) in [5, 5.41) is 8.72. The van der Waals surface area contributed by atoms with Crippen LogP contribution >= 0.6 is 0 Å². The number of benzene rings is 1. The number of aromatic carboxylic acids is 1. The molecule has 2 nitrogen and oxygen atoms in total. The second-order valence-corrected chi connectivity index (χ2v) is 3.04. The fourth-order valence-corrected chi connectivity index (χ4v) is 1.16. The maximum Gasteiger partial charge on any atom is 0.335 e. The summed E-state index contributed by atoms with van der Waals surface area (Å²) >= 11 is 0. The van der Waals surface area contributed by atoms with E-state index < -0.39 is 5.97 Å². The van der Waals surface area contributed by atoms with Crippen molar-refractivity contribution in [2.75, 3.05) is 0 Å². The molecule has 0 bridgehead atoms. The quantitative estimate of drug-likeness (QED) is 0.680. The van der Waals surface area contributed by atoms with E-state index in [9.17, 15) is 4.79 Å². The highest BCUT2D eigenvalue weighted by atomic mass is 27.0. The van der Waals surface area contributed by atoms with E-state index in [1.807, 2.05) is 20.8 Å².